The maximum Gasteiger partial charge on any atom is 0.159 e. The highest BCUT2D eigenvalue weighted by atomic mass is 35.5. The van der Waals surface area contributed by atoms with Crippen LogP contribution in [0.1, 0.15) is 30.5 Å². The van der Waals surface area contributed by atoms with Crippen LogP contribution in [0.25, 0.3) is 0 Å². The highest BCUT2D eigenvalue weighted by molar-refractivity contribution is 6.30. The zero-order chi connectivity index (χ0) is 15.4. The molecule has 0 heterocycles. The van der Waals surface area contributed by atoms with E-state index in [9.17, 15) is 13.2 Å². The summed E-state index contributed by atoms with van der Waals surface area (Å²) in [5.41, 5.74) is 0.808. The van der Waals surface area contributed by atoms with Crippen LogP contribution in [0.15, 0.2) is 36.4 Å². The van der Waals surface area contributed by atoms with E-state index in [1.165, 1.54) is 12.1 Å². The van der Waals surface area contributed by atoms with E-state index in [1.54, 1.807) is 12.1 Å². The minimum Gasteiger partial charge on any atom is -0.306 e. The summed E-state index contributed by atoms with van der Waals surface area (Å²) >= 11 is 5.75. The molecular weight excluding hydrogens is 299 g/mol. The lowest BCUT2D eigenvalue weighted by atomic mass is 9.97. The summed E-state index contributed by atoms with van der Waals surface area (Å²) in [7, 11) is 0. The molecule has 21 heavy (non-hydrogen) atoms. The minimum atomic E-state index is -0.954. The van der Waals surface area contributed by atoms with Crippen molar-refractivity contribution in [3.8, 4) is 0 Å². The molecule has 112 valence electrons. The van der Waals surface area contributed by atoms with E-state index in [4.69, 9.17) is 11.6 Å². The van der Waals surface area contributed by atoms with Crippen molar-refractivity contribution < 1.29 is 13.2 Å². The molecule has 0 spiro atoms. The summed E-state index contributed by atoms with van der Waals surface area (Å²) in [6, 6.07) is 7.33. The largest absolute Gasteiger partial charge is 0.306 e. The molecule has 0 aliphatic rings. The molecule has 1 atom stereocenters. The Morgan fingerprint density at radius 1 is 1.00 bits per heavy atom. The molecule has 0 radical (unpaired) electrons. The number of benzene rings is 2. The van der Waals surface area contributed by atoms with Crippen LogP contribution in [0.2, 0.25) is 5.02 Å². The highest BCUT2D eigenvalue weighted by Gasteiger charge is 2.19. The molecule has 0 saturated heterocycles. The highest BCUT2D eigenvalue weighted by Crippen LogP contribution is 2.27. The Labute approximate surface area is 126 Å². The normalized spacial score (nSPS) is 12.4. The molecular formula is C16H15ClF3N. The van der Waals surface area contributed by atoms with Gasteiger partial charge < -0.3 is 5.32 Å². The van der Waals surface area contributed by atoms with Crippen LogP contribution in [0.3, 0.4) is 0 Å². The topological polar surface area (TPSA) is 12.0 Å². The molecule has 0 saturated carbocycles. The van der Waals surface area contributed by atoms with Crippen LogP contribution in [-0.2, 0) is 0 Å². The second kappa shape index (κ2) is 6.96. The summed E-state index contributed by atoms with van der Waals surface area (Å²) in [4.78, 5) is 0. The summed E-state index contributed by atoms with van der Waals surface area (Å²) in [6.45, 7) is 2.58. The van der Waals surface area contributed by atoms with Gasteiger partial charge in [0.15, 0.2) is 11.6 Å². The average molecular weight is 314 g/mol. The lowest BCUT2D eigenvalue weighted by molar-refractivity contribution is 0.500. The van der Waals surface area contributed by atoms with Crippen molar-refractivity contribution in [1.82, 2.24) is 5.32 Å². The second-order valence-corrected chi connectivity index (χ2v) is 5.16. The number of nitrogens with one attached hydrogen (secondary N) is 1. The molecule has 1 unspecified atom stereocenters. The van der Waals surface area contributed by atoms with Gasteiger partial charge in [0.25, 0.3) is 0 Å². The molecule has 1 nitrogen and oxygen atoms in total. The van der Waals surface area contributed by atoms with Crippen molar-refractivity contribution in [2.45, 2.75) is 19.4 Å². The monoisotopic (exact) mass is 313 g/mol. The average Bonchev–Trinajstić information content (AvgIpc) is 2.44. The number of rotatable bonds is 5. The van der Waals surface area contributed by atoms with Gasteiger partial charge in [-0.2, -0.15) is 0 Å². The van der Waals surface area contributed by atoms with Crippen molar-refractivity contribution in [2.24, 2.45) is 0 Å². The molecule has 0 aliphatic carbocycles. The Bertz CT molecular complexity index is 631. The van der Waals surface area contributed by atoms with Crippen LogP contribution in [0.4, 0.5) is 13.2 Å². The first-order chi connectivity index (χ1) is 10.0. The molecule has 5 heteroatoms. The SMILES string of the molecule is CCCNC(c1ccc(F)c(F)c1)c1ccc(Cl)cc1F. The van der Waals surface area contributed by atoms with E-state index in [1.807, 2.05) is 6.92 Å². The van der Waals surface area contributed by atoms with Crippen LogP contribution in [0, 0.1) is 17.5 Å². The van der Waals surface area contributed by atoms with Crippen molar-refractivity contribution in [1.29, 1.82) is 0 Å². The van der Waals surface area contributed by atoms with Crippen LogP contribution in [-0.4, -0.2) is 6.54 Å². The van der Waals surface area contributed by atoms with E-state index in [0.717, 1.165) is 18.6 Å². The number of hydrogen-bond acceptors (Lipinski definition) is 1. The predicted octanol–water partition coefficient (Wildman–Crippen LogP) is 4.85. The van der Waals surface area contributed by atoms with Gasteiger partial charge in [0.1, 0.15) is 5.82 Å². The first kappa shape index (κ1) is 15.9. The van der Waals surface area contributed by atoms with Crippen LogP contribution in [0.5, 0.6) is 0 Å². The molecule has 0 aromatic heterocycles. The van der Waals surface area contributed by atoms with E-state index in [-0.39, 0.29) is 5.02 Å². The molecule has 0 bridgehead atoms. The summed E-state index contributed by atoms with van der Waals surface area (Å²) < 4.78 is 40.6. The standard InChI is InChI=1S/C16H15ClF3N/c1-2-7-21-16(10-3-6-13(18)15(20)8-10)12-5-4-11(17)9-14(12)19/h3-6,8-9,16,21H,2,7H2,1H3. The quantitative estimate of drug-likeness (QED) is 0.832. The number of hydrogen-bond donors (Lipinski definition) is 1. The predicted molar refractivity (Wildman–Crippen MR) is 77.9 cm³/mol. The first-order valence-electron chi connectivity index (χ1n) is 6.66. The van der Waals surface area contributed by atoms with Crippen LogP contribution < -0.4 is 5.32 Å². The molecule has 0 aliphatic heterocycles. The zero-order valence-corrected chi connectivity index (χ0v) is 12.2. The first-order valence-corrected chi connectivity index (χ1v) is 7.04. The summed E-state index contributed by atoms with van der Waals surface area (Å²) in [5.74, 6) is -2.37. The van der Waals surface area contributed by atoms with E-state index < -0.39 is 23.5 Å². The third kappa shape index (κ3) is 3.77. The van der Waals surface area contributed by atoms with Gasteiger partial charge in [0.2, 0.25) is 0 Å². The Hall–Kier alpha value is -1.52. The molecule has 2 rings (SSSR count). The number of halogens is 4. The molecule has 2 aromatic rings. The van der Waals surface area contributed by atoms with Crippen LogP contribution >= 0.6 is 11.6 Å². The second-order valence-electron chi connectivity index (χ2n) is 4.73. The molecule has 1 N–H and O–H groups in total. The summed E-state index contributed by atoms with van der Waals surface area (Å²) in [5, 5.41) is 3.42. The Morgan fingerprint density at radius 2 is 1.76 bits per heavy atom. The minimum absolute atomic E-state index is 0.288. The van der Waals surface area contributed by atoms with E-state index in [2.05, 4.69) is 5.32 Å². The maximum atomic E-state index is 14.1. The Morgan fingerprint density at radius 3 is 2.38 bits per heavy atom. The van der Waals surface area contributed by atoms with Gasteiger partial charge in [-0.05, 0) is 42.8 Å². The Balaban J connectivity index is 2.44. The molecule has 2 aromatic carbocycles. The smallest absolute Gasteiger partial charge is 0.159 e. The molecule has 0 amide bonds. The third-order valence-corrected chi connectivity index (χ3v) is 3.38. The van der Waals surface area contributed by atoms with E-state index >= 15 is 0 Å². The van der Waals surface area contributed by atoms with Gasteiger partial charge in [-0.3, -0.25) is 0 Å². The van der Waals surface area contributed by atoms with Gasteiger partial charge in [-0.15, -0.1) is 0 Å². The van der Waals surface area contributed by atoms with Crippen molar-refractivity contribution in [2.75, 3.05) is 6.54 Å². The Kier molecular flexibility index (Phi) is 5.26. The third-order valence-electron chi connectivity index (χ3n) is 3.15. The van der Waals surface area contributed by atoms with Gasteiger partial charge >= 0.3 is 0 Å². The van der Waals surface area contributed by atoms with E-state index in [0.29, 0.717) is 17.7 Å². The van der Waals surface area contributed by atoms with Gasteiger partial charge in [-0.1, -0.05) is 30.7 Å². The van der Waals surface area contributed by atoms with Crippen molar-refractivity contribution in [3.63, 3.8) is 0 Å². The van der Waals surface area contributed by atoms with Gasteiger partial charge in [-0.25, -0.2) is 13.2 Å². The fourth-order valence-corrected chi connectivity index (χ4v) is 2.28. The van der Waals surface area contributed by atoms with Gasteiger partial charge in [0, 0.05) is 10.6 Å². The maximum absolute atomic E-state index is 14.1. The summed E-state index contributed by atoms with van der Waals surface area (Å²) in [6.07, 6.45) is 0.829. The molecule has 0 fully saturated rings. The van der Waals surface area contributed by atoms with Crippen molar-refractivity contribution >= 4 is 11.6 Å². The van der Waals surface area contributed by atoms with Gasteiger partial charge in [0.05, 0.1) is 6.04 Å². The lowest BCUT2D eigenvalue weighted by Gasteiger charge is -2.20. The lowest BCUT2D eigenvalue weighted by Crippen LogP contribution is -2.24. The fourth-order valence-electron chi connectivity index (χ4n) is 2.12. The van der Waals surface area contributed by atoms with Crippen molar-refractivity contribution in [3.05, 3.63) is 70.0 Å². The zero-order valence-electron chi connectivity index (χ0n) is 11.5. The fraction of sp³-hybridized carbons (Fsp3) is 0.250.